The molecule has 4 rings (SSSR count). The number of amides is 1. The average Bonchev–Trinajstić information content (AvgIpc) is 3.39. The highest BCUT2D eigenvalue weighted by Gasteiger charge is 2.38. The summed E-state index contributed by atoms with van der Waals surface area (Å²) in [6, 6.07) is 2.28. The second-order valence-electron chi connectivity index (χ2n) is 8.44. The molecule has 0 unspecified atom stereocenters. The minimum absolute atomic E-state index is 0.0403. The third kappa shape index (κ3) is 3.94. The van der Waals surface area contributed by atoms with Crippen LogP contribution in [0.15, 0.2) is 9.70 Å². The highest BCUT2D eigenvalue weighted by atomic mass is 32.2. The molecule has 164 valence electrons. The first-order valence-corrected chi connectivity index (χ1v) is 12.4. The maximum Gasteiger partial charge on any atom is 0.270 e. The van der Waals surface area contributed by atoms with E-state index in [2.05, 4.69) is 11.0 Å². The van der Waals surface area contributed by atoms with Crippen molar-refractivity contribution in [3.63, 3.8) is 0 Å². The molecule has 0 N–H and O–H groups in total. The van der Waals surface area contributed by atoms with Crippen LogP contribution >= 0.6 is 24.0 Å². The first-order valence-electron chi connectivity index (χ1n) is 11.2. The number of carbonyl (C=O) groups excluding carboxylic acids is 1. The Morgan fingerprint density at radius 2 is 1.84 bits per heavy atom. The van der Waals surface area contributed by atoms with Crippen molar-refractivity contribution in [3.8, 4) is 6.07 Å². The van der Waals surface area contributed by atoms with E-state index in [9.17, 15) is 14.9 Å². The van der Waals surface area contributed by atoms with Gasteiger partial charge in [0.2, 0.25) is 0 Å². The molecule has 1 aliphatic carbocycles. The summed E-state index contributed by atoms with van der Waals surface area (Å²) in [4.78, 5) is 30.9. The Labute approximate surface area is 192 Å². The van der Waals surface area contributed by atoms with Crippen molar-refractivity contribution in [2.75, 3.05) is 18.0 Å². The Kier molecular flexibility index (Phi) is 6.54. The van der Waals surface area contributed by atoms with Crippen LogP contribution in [0.3, 0.4) is 0 Å². The Morgan fingerprint density at radius 3 is 2.45 bits per heavy atom. The lowest BCUT2D eigenvalue weighted by molar-refractivity contribution is -0.124. The highest BCUT2D eigenvalue weighted by Crippen LogP contribution is 2.39. The molecule has 1 aromatic rings. The Bertz CT molecular complexity index is 1040. The van der Waals surface area contributed by atoms with E-state index in [1.54, 1.807) is 9.47 Å². The number of pyridine rings is 1. The number of rotatable bonds is 4. The SMILES string of the molecule is CCn1c(N2CCCC2)c(/C=C2/SC(=S)N(C3CCCCC3)C2=O)c(C)c(C#N)c1=O. The van der Waals surface area contributed by atoms with Crippen LogP contribution in [0.1, 0.15) is 68.6 Å². The van der Waals surface area contributed by atoms with Gasteiger partial charge in [-0.1, -0.05) is 43.2 Å². The molecule has 3 heterocycles. The van der Waals surface area contributed by atoms with Crippen LogP contribution in [0.5, 0.6) is 0 Å². The second-order valence-corrected chi connectivity index (χ2v) is 10.1. The molecule has 1 amide bonds. The topological polar surface area (TPSA) is 69.3 Å². The quantitative estimate of drug-likeness (QED) is 0.500. The van der Waals surface area contributed by atoms with Crippen LogP contribution in [0.25, 0.3) is 6.08 Å². The first kappa shape index (κ1) is 22.1. The summed E-state index contributed by atoms with van der Waals surface area (Å²) < 4.78 is 2.30. The van der Waals surface area contributed by atoms with Crippen molar-refractivity contribution in [1.82, 2.24) is 9.47 Å². The summed E-state index contributed by atoms with van der Waals surface area (Å²) in [7, 11) is 0. The number of thioether (sulfide) groups is 1. The van der Waals surface area contributed by atoms with E-state index in [1.807, 2.05) is 19.9 Å². The van der Waals surface area contributed by atoms with Crippen molar-refractivity contribution in [2.45, 2.75) is 71.4 Å². The number of aromatic nitrogens is 1. The number of nitrogens with zero attached hydrogens (tertiary/aromatic N) is 4. The molecule has 1 aromatic heterocycles. The molecule has 0 aromatic carbocycles. The van der Waals surface area contributed by atoms with Crippen LogP contribution in [0.4, 0.5) is 5.82 Å². The molecule has 0 radical (unpaired) electrons. The van der Waals surface area contributed by atoms with Gasteiger partial charge < -0.3 is 4.90 Å². The zero-order chi connectivity index (χ0) is 22.1. The van der Waals surface area contributed by atoms with E-state index in [0.29, 0.717) is 21.3 Å². The largest absolute Gasteiger partial charge is 0.357 e. The lowest BCUT2D eigenvalue weighted by atomic mass is 9.94. The fourth-order valence-corrected chi connectivity index (χ4v) is 6.35. The minimum atomic E-state index is -0.253. The van der Waals surface area contributed by atoms with Crippen molar-refractivity contribution in [3.05, 3.63) is 31.9 Å². The molecule has 3 aliphatic rings. The molecule has 2 saturated heterocycles. The zero-order valence-corrected chi connectivity index (χ0v) is 19.8. The van der Waals surface area contributed by atoms with E-state index < -0.39 is 0 Å². The average molecular weight is 457 g/mol. The van der Waals surface area contributed by atoms with E-state index in [1.165, 1.54) is 18.2 Å². The van der Waals surface area contributed by atoms with Gasteiger partial charge in [-0.3, -0.25) is 19.1 Å². The van der Waals surface area contributed by atoms with Gasteiger partial charge in [-0.05, 0) is 51.2 Å². The molecular formula is C23H28N4O2S2. The molecular weight excluding hydrogens is 428 g/mol. The lowest BCUT2D eigenvalue weighted by Gasteiger charge is -2.30. The fraction of sp³-hybridized carbons (Fsp3) is 0.565. The van der Waals surface area contributed by atoms with Gasteiger partial charge in [0.25, 0.3) is 11.5 Å². The Balaban J connectivity index is 1.83. The highest BCUT2D eigenvalue weighted by molar-refractivity contribution is 8.26. The van der Waals surface area contributed by atoms with Gasteiger partial charge in [0.1, 0.15) is 21.8 Å². The molecule has 6 nitrogen and oxygen atoms in total. The molecule has 0 spiro atoms. The summed E-state index contributed by atoms with van der Waals surface area (Å²) in [6.07, 6.45) is 9.49. The summed E-state index contributed by atoms with van der Waals surface area (Å²) >= 11 is 6.93. The van der Waals surface area contributed by atoms with E-state index in [-0.39, 0.29) is 23.1 Å². The summed E-state index contributed by atoms with van der Waals surface area (Å²) in [5.74, 6) is 0.783. The number of thiocarbonyl (C=S) groups is 1. The molecule has 3 fully saturated rings. The zero-order valence-electron chi connectivity index (χ0n) is 18.1. The third-order valence-electron chi connectivity index (χ3n) is 6.61. The van der Waals surface area contributed by atoms with Gasteiger partial charge in [-0.25, -0.2) is 0 Å². The van der Waals surface area contributed by atoms with Crippen molar-refractivity contribution < 1.29 is 4.79 Å². The van der Waals surface area contributed by atoms with Crippen LogP contribution in [-0.2, 0) is 11.3 Å². The van der Waals surface area contributed by atoms with Gasteiger partial charge >= 0.3 is 0 Å². The van der Waals surface area contributed by atoms with Crippen molar-refractivity contribution in [1.29, 1.82) is 5.26 Å². The summed E-state index contributed by atoms with van der Waals surface area (Å²) in [5.41, 5.74) is 1.33. The maximum absolute atomic E-state index is 13.3. The van der Waals surface area contributed by atoms with Gasteiger partial charge in [0, 0.05) is 31.2 Å². The van der Waals surface area contributed by atoms with Gasteiger partial charge in [-0.2, -0.15) is 5.26 Å². The van der Waals surface area contributed by atoms with E-state index >= 15 is 0 Å². The Hall–Kier alpha value is -2.11. The van der Waals surface area contributed by atoms with Crippen LogP contribution in [0.2, 0.25) is 0 Å². The van der Waals surface area contributed by atoms with Crippen LogP contribution in [-0.4, -0.2) is 38.8 Å². The Morgan fingerprint density at radius 1 is 1.16 bits per heavy atom. The van der Waals surface area contributed by atoms with Crippen LogP contribution < -0.4 is 10.5 Å². The normalized spacial score (nSPS) is 21.4. The third-order valence-corrected chi connectivity index (χ3v) is 7.94. The number of carbonyl (C=O) groups is 1. The number of nitriles is 1. The molecule has 0 atom stereocenters. The second kappa shape index (κ2) is 9.17. The smallest absolute Gasteiger partial charge is 0.270 e. The maximum atomic E-state index is 13.3. The standard InChI is InChI=1S/C23H28N4O2S2/c1-3-26-20(25-11-7-8-12-25)17(15(2)18(14-24)21(26)28)13-19-22(29)27(23(30)31-19)16-9-5-4-6-10-16/h13,16H,3-12H2,1-2H3/b19-13+. The van der Waals surface area contributed by atoms with Gasteiger partial charge in [0.05, 0.1) is 4.91 Å². The van der Waals surface area contributed by atoms with Gasteiger partial charge in [-0.15, -0.1) is 0 Å². The van der Waals surface area contributed by atoms with Crippen LogP contribution in [0, 0.1) is 18.3 Å². The van der Waals surface area contributed by atoms with E-state index in [0.717, 1.165) is 63.0 Å². The van der Waals surface area contributed by atoms with Crippen molar-refractivity contribution >= 4 is 46.1 Å². The molecule has 8 heteroatoms. The molecule has 2 aliphatic heterocycles. The van der Waals surface area contributed by atoms with Crippen molar-refractivity contribution in [2.24, 2.45) is 0 Å². The molecule has 31 heavy (non-hydrogen) atoms. The summed E-state index contributed by atoms with van der Waals surface area (Å²) in [6.45, 7) is 5.95. The predicted molar refractivity (Wildman–Crippen MR) is 129 cm³/mol. The fourth-order valence-electron chi connectivity index (χ4n) is 4.97. The number of anilines is 1. The van der Waals surface area contributed by atoms with E-state index in [4.69, 9.17) is 12.2 Å². The number of hydrogen-bond acceptors (Lipinski definition) is 6. The predicted octanol–water partition coefficient (Wildman–Crippen LogP) is 4.18. The lowest BCUT2D eigenvalue weighted by Crippen LogP contribution is -2.39. The summed E-state index contributed by atoms with van der Waals surface area (Å²) in [5, 5.41) is 9.67. The molecule has 1 saturated carbocycles. The number of hydrogen-bond donors (Lipinski definition) is 0. The first-order chi connectivity index (χ1) is 15.0. The monoisotopic (exact) mass is 456 g/mol. The molecule has 0 bridgehead atoms. The van der Waals surface area contributed by atoms with Gasteiger partial charge in [0.15, 0.2) is 0 Å². The minimum Gasteiger partial charge on any atom is -0.357 e.